The second kappa shape index (κ2) is 6.32. The number of pyridine rings is 1. The molecule has 1 fully saturated rings. The van der Waals surface area contributed by atoms with Gasteiger partial charge in [-0.2, -0.15) is 0 Å². The van der Waals surface area contributed by atoms with E-state index in [0.717, 1.165) is 42.6 Å². The lowest BCUT2D eigenvalue weighted by Crippen LogP contribution is -2.47. The third-order valence-corrected chi connectivity index (χ3v) is 4.23. The van der Waals surface area contributed by atoms with Crippen LogP contribution in [0.3, 0.4) is 0 Å². The Morgan fingerprint density at radius 3 is 3.00 bits per heavy atom. The number of likely N-dealkylation sites (N-methyl/N-ethyl adjacent to an activating group) is 1. The van der Waals surface area contributed by atoms with Crippen molar-refractivity contribution in [1.29, 1.82) is 0 Å². The van der Waals surface area contributed by atoms with Crippen molar-refractivity contribution in [1.82, 2.24) is 15.2 Å². The summed E-state index contributed by atoms with van der Waals surface area (Å²) in [5, 5.41) is 4.23. The van der Waals surface area contributed by atoms with Gasteiger partial charge in [0, 0.05) is 24.5 Å². The lowest BCUT2D eigenvalue weighted by atomic mass is 10.1. The number of ether oxygens (including phenoxy) is 1. The number of rotatable bonds is 3. The van der Waals surface area contributed by atoms with Crippen molar-refractivity contribution < 1.29 is 9.53 Å². The Morgan fingerprint density at radius 1 is 1.36 bits per heavy atom. The van der Waals surface area contributed by atoms with Gasteiger partial charge in [0.15, 0.2) is 0 Å². The molecule has 1 N–H and O–H groups in total. The van der Waals surface area contributed by atoms with Crippen LogP contribution in [0.15, 0.2) is 30.3 Å². The van der Waals surface area contributed by atoms with E-state index in [1.165, 1.54) is 0 Å². The van der Waals surface area contributed by atoms with Crippen molar-refractivity contribution >= 4 is 16.8 Å². The molecule has 1 saturated heterocycles. The van der Waals surface area contributed by atoms with Gasteiger partial charge in [0.05, 0.1) is 12.6 Å². The molecule has 116 valence electrons. The van der Waals surface area contributed by atoms with Crippen molar-refractivity contribution in [2.24, 2.45) is 0 Å². The van der Waals surface area contributed by atoms with Crippen LogP contribution in [0, 0.1) is 0 Å². The Kier molecular flexibility index (Phi) is 4.24. The summed E-state index contributed by atoms with van der Waals surface area (Å²) >= 11 is 0. The maximum atomic E-state index is 12.6. The van der Waals surface area contributed by atoms with E-state index in [1.54, 1.807) is 13.2 Å². The molecule has 5 nitrogen and oxygen atoms in total. The van der Waals surface area contributed by atoms with Crippen molar-refractivity contribution in [3.05, 3.63) is 36.0 Å². The molecule has 0 bridgehead atoms. The third-order valence-electron chi connectivity index (χ3n) is 4.23. The van der Waals surface area contributed by atoms with Gasteiger partial charge in [-0.25, -0.2) is 4.98 Å². The monoisotopic (exact) mass is 299 g/mol. The quantitative estimate of drug-likeness (QED) is 0.942. The fourth-order valence-corrected chi connectivity index (χ4v) is 2.91. The van der Waals surface area contributed by atoms with Gasteiger partial charge in [0.1, 0.15) is 11.4 Å². The summed E-state index contributed by atoms with van der Waals surface area (Å²) in [5.41, 5.74) is 1.32. The van der Waals surface area contributed by atoms with Crippen molar-refractivity contribution in [3.63, 3.8) is 0 Å². The second-order valence-corrected chi connectivity index (χ2v) is 5.63. The number of likely N-dealkylation sites (tertiary alicyclic amines) is 1. The zero-order valence-corrected chi connectivity index (χ0v) is 13.0. The number of amides is 1. The fraction of sp³-hybridized carbons (Fsp3) is 0.412. The lowest BCUT2D eigenvalue weighted by molar-refractivity contribution is 0.0692. The average molecular weight is 299 g/mol. The largest absolute Gasteiger partial charge is 0.497 e. The number of aromatic nitrogens is 1. The first-order chi connectivity index (χ1) is 10.7. The van der Waals surface area contributed by atoms with Gasteiger partial charge < -0.3 is 15.0 Å². The van der Waals surface area contributed by atoms with E-state index in [-0.39, 0.29) is 5.91 Å². The zero-order chi connectivity index (χ0) is 15.5. The molecule has 5 heteroatoms. The first-order valence-electron chi connectivity index (χ1n) is 7.62. The molecule has 1 amide bonds. The molecule has 1 atom stereocenters. The van der Waals surface area contributed by atoms with Gasteiger partial charge in [-0.15, -0.1) is 0 Å². The van der Waals surface area contributed by atoms with Crippen LogP contribution >= 0.6 is 0 Å². The van der Waals surface area contributed by atoms with Crippen molar-refractivity contribution in [2.75, 3.05) is 27.2 Å². The molecule has 2 heterocycles. The second-order valence-electron chi connectivity index (χ2n) is 5.63. The van der Waals surface area contributed by atoms with E-state index >= 15 is 0 Å². The Bertz CT molecular complexity index is 687. The normalized spacial score (nSPS) is 18.5. The summed E-state index contributed by atoms with van der Waals surface area (Å²) in [6, 6.07) is 9.78. The number of carbonyl (C=O) groups is 1. The van der Waals surface area contributed by atoms with Crippen molar-refractivity contribution in [3.8, 4) is 5.75 Å². The topological polar surface area (TPSA) is 54.5 Å². The summed E-state index contributed by atoms with van der Waals surface area (Å²) in [5.74, 6) is 0.805. The maximum Gasteiger partial charge on any atom is 0.272 e. The molecular weight excluding hydrogens is 278 g/mol. The van der Waals surface area contributed by atoms with Crippen LogP contribution in [0.5, 0.6) is 5.75 Å². The van der Waals surface area contributed by atoms with Gasteiger partial charge in [0.25, 0.3) is 5.91 Å². The van der Waals surface area contributed by atoms with E-state index < -0.39 is 0 Å². The summed E-state index contributed by atoms with van der Waals surface area (Å²) < 4.78 is 5.21. The molecule has 1 aliphatic rings. The Labute approximate surface area is 130 Å². The van der Waals surface area contributed by atoms with Crippen molar-refractivity contribution in [2.45, 2.75) is 18.9 Å². The SMILES string of the molecule is CNC1CCCN(C(=O)c2ccc3cc(OC)ccc3n2)C1. The van der Waals surface area contributed by atoms with E-state index in [9.17, 15) is 4.79 Å². The molecular formula is C17H21N3O2. The summed E-state index contributed by atoms with van der Waals surface area (Å²) in [6.45, 7) is 1.55. The molecule has 0 saturated carbocycles. The summed E-state index contributed by atoms with van der Waals surface area (Å²) in [6.07, 6.45) is 2.15. The smallest absolute Gasteiger partial charge is 0.272 e. The number of fused-ring (bicyclic) bond motifs is 1. The van der Waals surface area contributed by atoms with Crippen LogP contribution in [-0.2, 0) is 0 Å². The Balaban J connectivity index is 1.84. The third kappa shape index (κ3) is 2.90. The van der Waals surface area contributed by atoms with Gasteiger partial charge in [-0.3, -0.25) is 4.79 Å². The highest BCUT2D eigenvalue weighted by atomic mass is 16.5. The minimum absolute atomic E-state index is 0.0117. The van der Waals surface area contributed by atoms with Crippen LogP contribution in [0.1, 0.15) is 23.3 Å². The Hall–Kier alpha value is -2.14. The van der Waals surface area contributed by atoms with Gasteiger partial charge >= 0.3 is 0 Å². The number of nitrogens with zero attached hydrogens (tertiary/aromatic N) is 2. The van der Waals surface area contributed by atoms with Crippen LogP contribution in [0.4, 0.5) is 0 Å². The maximum absolute atomic E-state index is 12.6. The molecule has 1 aromatic heterocycles. The first-order valence-corrected chi connectivity index (χ1v) is 7.62. The molecule has 1 unspecified atom stereocenters. The number of nitrogens with one attached hydrogen (secondary N) is 1. The minimum Gasteiger partial charge on any atom is -0.497 e. The number of carbonyl (C=O) groups excluding carboxylic acids is 1. The number of hydrogen-bond acceptors (Lipinski definition) is 4. The van der Waals surface area contributed by atoms with E-state index in [4.69, 9.17) is 4.74 Å². The van der Waals surface area contributed by atoms with Gasteiger partial charge in [0.2, 0.25) is 0 Å². The number of piperidine rings is 1. The van der Waals surface area contributed by atoms with Crippen LogP contribution in [-0.4, -0.2) is 49.1 Å². The standard InChI is InChI=1S/C17H21N3O2/c1-18-13-4-3-9-20(11-13)17(21)16-7-5-12-10-14(22-2)6-8-15(12)19-16/h5-8,10,13,18H,3-4,9,11H2,1-2H3. The average Bonchev–Trinajstić information content (AvgIpc) is 2.60. The number of benzene rings is 1. The van der Waals surface area contributed by atoms with Gasteiger partial charge in [-0.05, 0) is 44.2 Å². The number of hydrogen-bond donors (Lipinski definition) is 1. The predicted octanol–water partition coefficient (Wildman–Crippen LogP) is 2.07. The predicted molar refractivity (Wildman–Crippen MR) is 86.3 cm³/mol. The van der Waals surface area contributed by atoms with E-state index in [2.05, 4.69) is 10.3 Å². The number of methoxy groups -OCH3 is 1. The highest BCUT2D eigenvalue weighted by Gasteiger charge is 2.24. The molecule has 0 spiro atoms. The fourth-order valence-electron chi connectivity index (χ4n) is 2.91. The Morgan fingerprint density at radius 2 is 2.23 bits per heavy atom. The van der Waals surface area contributed by atoms with Gasteiger partial charge in [-0.1, -0.05) is 6.07 Å². The highest BCUT2D eigenvalue weighted by molar-refractivity contribution is 5.95. The molecule has 2 aromatic rings. The lowest BCUT2D eigenvalue weighted by Gasteiger charge is -2.32. The van der Waals surface area contributed by atoms with Crippen LogP contribution < -0.4 is 10.1 Å². The van der Waals surface area contributed by atoms with E-state index in [0.29, 0.717) is 11.7 Å². The first kappa shape index (κ1) is 14.8. The summed E-state index contributed by atoms with van der Waals surface area (Å²) in [7, 11) is 3.58. The van der Waals surface area contributed by atoms with Crippen LogP contribution in [0.2, 0.25) is 0 Å². The van der Waals surface area contributed by atoms with Crippen LogP contribution in [0.25, 0.3) is 10.9 Å². The molecule has 0 radical (unpaired) electrons. The zero-order valence-electron chi connectivity index (χ0n) is 13.0. The van der Waals surface area contributed by atoms with E-state index in [1.807, 2.05) is 36.2 Å². The molecule has 1 aromatic carbocycles. The molecule has 3 rings (SSSR count). The summed E-state index contributed by atoms with van der Waals surface area (Å²) in [4.78, 5) is 19.0. The molecule has 0 aliphatic carbocycles. The molecule has 1 aliphatic heterocycles. The highest BCUT2D eigenvalue weighted by Crippen LogP contribution is 2.20. The molecule has 22 heavy (non-hydrogen) atoms. The minimum atomic E-state index is 0.0117.